The average molecular weight is 307 g/mol. The zero-order valence-corrected chi connectivity index (χ0v) is 11.1. The summed E-state index contributed by atoms with van der Waals surface area (Å²) in [5, 5.41) is 9.57. The molecule has 4 heteroatoms. The standard InChI is InChI=1S/C14H11BrO3/c15-12-6-11(8-16)14(7-13(12)17)18-9-10-4-2-1-3-5-10/h1-8,17H,9H2. The van der Waals surface area contributed by atoms with Crippen LogP contribution >= 0.6 is 15.9 Å². The van der Waals surface area contributed by atoms with Gasteiger partial charge in [-0.25, -0.2) is 0 Å². The van der Waals surface area contributed by atoms with E-state index in [1.54, 1.807) is 0 Å². The average Bonchev–Trinajstić information content (AvgIpc) is 2.41. The third-order valence-electron chi connectivity index (χ3n) is 2.44. The molecule has 3 nitrogen and oxygen atoms in total. The number of carbonyl (C=O) groups is 1. The van der Waals surface area contributed by atoms with Gasteiger partial charge in [0.05, 0.1) is 10.0 Å². The maximum absolute atomic E-state index is 10.9. The molecule has 0 amide bonds. The van der Waals surface area contributed by atoms with Gasteiger partial charge in [-0.3, -0.25) is 4.79 Å². The lowest BCUT2D eigenvalue weighted by Crippen LogP contribution is -1.98. The van der Waals surface area contributed by atoms with Gasteiger partial charge in [0.15, 0.2) is 6.29 Å². The van der Waals surface area contributed by atoms with E-state index in [4.69, 9.17) is 4.74 Å². The van der Waals surface area contributed by atoms with E-state index in [2.05, 4.69) is 15.9 Å². The molecule has 0 fully saturated rings. The molecule has 0 unspecified atom stereocenters. The zero-order valence-electron chi connectivity index (χ0n) is 9.47. The van der Waals surface area contributed by atoms with E-state index in [-0.39, 0.29) is 5.75 Å². The molecule has 0 aliphatic heterocycles. The molecule has 92 valence electrons. The third-order valence-corrected chi connectivity index (χ3v) is 3.08. The largest absolute Gasteiger partial charge is 0.507 e. The van der Waals surface area contributed by atoms with Crippen LogP contribution in [0.4, 0.5) is 0 Å². The van der Waals surface area contributed by atoms with Crippen LogP contribution in [0.25, 0.3) is 0 Å². The zero-order chi connectivity index (χ0) is 13.0. The predicted molar refractivity (Wildman–Crippen MR) is 72.0 cm³/mol. The quantitative estimate of drug-likeness (QED) is 0.879. The van der Waals surface area contributed by atoms with E-state index in [1.807, 2.05) is 30.3 Å². The summed E-state index contributed by atoms with van der Waals surface area (Å²) < 4.78 is 6.01. The smallest absolute Gasteiger partial charge is 0.153 e. The van der Waals surface area contributed by atoms with Crippen molar-refractivity contribution in [2.24, 2.45) is 0 Å². The molecule has 0 aromatic heterocycles. The molecule has 18 heavy (non-hydrogen) atoms. The summed E-state index contributed by atoms with van der Waals surface area (Å²) in [7, 11) is 0. The highest BCUT2D eigenvalue weighted by molar-refractivity contribution is 9.10. The summed E-state index contributed by atoms with van der Waals surface area (Å²) in [5.41, 5.74) is 1.40. The fourth-order valence-electron chi connectivity index (χ4n) is 1.51. The molecule has 0 aliphatic rings. The number of phenolic OH excluding ortho intramolecular Hbond substituents is 1. The SMILES string of the molecule is O=Cc1cc(Br)c(O)cc1OCc1ccccc1. The topological polar surface area (TPSA) is 46.5 Å². The Bertz CT molecular complexity index is 552. The van der Waals surface area contributed by atoms with E-state index >= 15 is 0 Å². The molecular formula is C14H11BrO3. The molecule has 1 N–H and O–H groups in total. The van der Waals surface area contributed by atoms with Crippen LogP contribution in [0.2, 0.25) is 0 Å². The molecule has 0 aliphatic carbocycles. The molecule has 0 saturated heterocycles. The van der Waals surface area contributed by atoms with E-state index < -0.39 is 0 Å². The summed E-state index contributed by atoms with van der Waals surface area (Å²) >= 11 is 3.15. The van der Waals surface area contributed by atoms with Crippen LogP contribution in [0, 0.1) is 0 Å². The number of aldehydes is 1. The monoisotopic (exact) mass is 306 g/mol. The second-order valence-corrected chi connectivity index (χ2v) is 4.59. The molecule has 0 atom stereocenters. The highest BCUT2D eigenvalue weighted by atomic mass is 79.9. The van der Waals surface area contributed by atoms with Crippen LogP contribution in [0.15, 0.2) is 46.9 Å². The fraction of sp³-hybridized carbons (Fsp3) is 0.0714. The van der Waals surface area contributed by atoms with Gasteiger partial charge in [0.1, 0.15) is 18.1 Å². The Morgan fingerprint density at radius 3 is 2.61 bits per heavy atom. The van der Waals surface area contributed by atoms with Crippen molar-refractivity contribution in [1.29, 1.82) is 0 Å². The minimum atomic E-state index is 0.0451. The Morgan fingerprint density at radius 1 is 1.22 bits per heavy atom. The van der Waals surface area contributed by atoms with Crippen LogP contribution in [-0.4, -0.2) is 11.4 Å². The van der Waals surface area contributed by atoms with Crippen molar-refractivity contribution in [3.63, 3.8) is 0 Å². The van der Waals surface area contributed by atoms with Crippen molar-refractivity contribution in [3.8, 4) is 11.5 Å². The van der Waals surface area contributed by atoms with Crippen molar-refractivity contribution in [1.82, 2.24) is 0 Å². The van der Waals surface area contributed by atoms with Crippen LogP contribution in [-0.2, 0) is 6.61 Å². The highest BCUT2D eigenvalue weighted by Gasteiger charge is 2.08. The van der Waals surface area contributed by atoms with Gasteiger partial charge in [-0.1, -0.05) is 30.3 Å². The molecule has 0 radical (unpaired) electrons. The van der Waals surface area contributed by atoms with Crippen molar-refractivity contribution >= 4 is 22.2 Å². The van der Waals surface area contributed by atoms with Crippen molar-refractivity contribution in [3.05, 3.63) is 58.1 Å². The highest BCUT2D eigenvalue weighted by Crippen LogP contribution is 2.31. The third kappa shape index (κ3) is 2.90. The summed E-state index contributed by atoms with van der Waals surface area (Å²) in [6.45, 7) is 0.350. The number of aromatic hydroxyl groups is 1. The second-order valence-electron chi connectivity index (χ2n) is 3.73. The van der Waals surface area contributed by atoms with E-state index in [0.29, 0.717) is 28.7 Å². The maximum atomic E-state index is 10.9. The number of hydrogen-bond acceptors (Lipinski definition) is 3. The molecule has 2 rings (SSSR count). The second kappa shape index (κ2) is 5.69. The lowest BCUT2D eigenvalue weighted by atomic mass is 10.2. The first-order chi connectivity index (χ1) is 8.70. The van der Waals surface area contributed by atoms with E-state index in [9.17, 15) is 9.90 Å². The van der Waals surface area contributed by atoms with Gasteiger partial charge in [-0.15, -0.1) is 0 Å². The number of carbonyl (C=O) groups excluding carboxylic acids is 1. The maximum Gasteiger partial charge on any atom is 0.153 e. The normalized spacial score (nSPS) is 10.1. The molecule has 2 aromatic carbocycles. The summed E-state index contributed by atoms with van der Waals surface area (Å²) in [6, 6.07) is 12.6. The molecular weight excluding hydrogens is 296 g/mol. The minimum absolute atomic E-state index is 0.0451. The number of ether oxygens (including phenoxy) is 1. The Balaban J connectivity index is 2.19. The van der Waals surface area contributed by atoms with E-state index in [1.165, 1.54) is 12.1 Å². The molecule has 0 saturated carbocycles. The fourth-order valence-corrected chi connectivity index (χ4v) is 1.87. The van der Waals surface area contributed by atoms with Crippen LogP contribution < -0.4 is 4.74 Å². The Hall–Kier alpha value is -1.81. The van der Waals surface area contributed by atoms with Gasteiger partial charge in [-0.05, 0) is 27.6 Å². The molecule has 0 bridgehead atoms. The Kier molecular flexibility index (Phi) is 3.99. The number of phenols is 1. The van der Waals surface area contributed by atoms with Crippen LogP contribution in [0.1, 0.15) is 15.9 Å². The van der Waals surface area contributed by atoms with Gasteiger partial charge in [0.25, 0.3) is 0 Å². The first kappa shape index (κ1) is 12.6. The van der Waals surface area contributed by atoms with Gasteiger partial charge >= 0.3 is 0 Å². The van der Waals surface area contributed by atoms with Gasteiger partial charge in [0, 0.05) is 6.07 Å². The van der Waals surface area contributed by atoms with Crippen LogP contribution in [0.5, 0.6) is 11.5 Å². The van der Waals surface area contributed by atoms with Crippen LogP contribution in [0.3, 0.4) is 0 Å². The Labute approximate surface area is 113 Å². The van der Waals surface area contributed by atoms with Crippen molar-refractivity contribution < 1.29 is 14.6 Å². The van der Waals surface area contributed by atoms with Crippen molar-refractivity contribution in [2.75, 3.05) is 0 Å². The van der Waals surface area contributed by atoms with Gasteiger partial charge < -0.3 is 9.84 Å². The first-order valence-corrected chi connectivity index (χ1v) is 6.14. The summed E-state index contributed by atoms with van der Waals surface area (Å²) in [6.07, 6.45) is 0.699. The minimum Gasteiger partial charge on any atom is -0.507 e. The molecule has 0 spiro atoms. The van der Waals surface area contributed by atoms with Crippen molar-refractivity contribution in [2.45, 2.75) is 6.61 Å². The number of halogens is 1. The van der Waals surface area contributed by atoms with Gasteiger partial charge in [-0.2, -0.15) is 0 Å². The molecule has 0 heterocycles. The Morgan fingerprint density at radius 2 is 1.94 bits per heavy atom. The molecule has 2 aromatic rings. The lowest BCUT2D eigenvalue weighted by Gasteiger charge is -2.09. The van der Waals surface area contributed by atoms with Gasteiger partial charge in [0.2, 0.25) is 0 Å². The first-order valence-electron chi connectivity index (χ1n) is 5.35. The predicted octanol–water partition coefficient (Wildman–Crippen LogP) is 3.55. The number of benzene rings is 2. The lowest BCUT2D eigenvalue weighted by molar-refractivity contribution is 0.111. The van der Waals surface area contributed by atoms with E-state index in [0.717, 1.165) is 5.56 Å². The summed E-state index contributed by atoms with van der Waals surface area (Å²) in [5.74, 6) is 0.415. The number of hydrogen-bond donors (Lipinski definition) is 1. The number of rotatable bonds is 4. The summed E-state index contributed by atoms with van der Waals surface area (Å²) in [4.78, 5) is 10.9.